The third-order valence-electron chi connectivity index (χ3n) is 3.43. The van der Waals surface area contributed by atoms with Gasteiger partial charge in [0, 0.05) is 18.9 Å². The average molecular weight is 372 g/mol. The molecule has 0 aromatic carbocycles. The predicted molar refractivity (Wildman–Crippen MR) is 83.0 cm³/mol. The van der Waals surface area contributed by atoms with Gasteiger partial charge in [0.05, 0.1) is 16.9 Å². The first-order chi connectivity index (χ1) is 11.7. The van der Waals surface area contributed by atoms with Crippen molar-refractivity contribution in [3.63, 3.8) is 0 Å². The molecule has 0 bridgehead atoms. The summed E-state index contributed by atoms with van der Waals surface area (Å²) in [6.45, 7) is 0.154. The highest BCUT2D eigenvalue weighted by molar-refractivity contribution is 7.90. The Morgan fingerprint density at radius 1 is 1.28 bits per heavy atom. The molecule has 3 rings (SSSR count). The van der Waals surface area contributed by atoms with Crippen molar-refractivity contribution in [1.29, 1.82) is 0 Å². The Hall–Kier alpha value is -2.69. The second-order valence-electron chi connectivity index (χ2n) is 5.20. The minimum Gasteiger partial charge on any atom is -0.331 e. The normalized spacial score (nSPS) is 18.9. The van der Waals surface area contributed by atoms with Crippen LogP contribution in [0.1, 0.15) is 5.56 Å². The molecule has 7 nitrogen and oxygen atoms in total. The lowest BCUT2D eigenvalue weighted by molar-refractivity contribution is -0.137. The quantitative estimate of drug-likeness (QED) is 0.850. The van der Waals surface area contributed by atoms with E-state index in [1.807, 2.05) is 0 Å². The van der Waals surface area contributed by atoms with Crippen molar-refractivity contribution in [1.82, 2.24) is 9.88 Å². The largest absolute Gasteiger partial charge is 0.417 e. The van der Waals surface area contributed by atoms with E-state index in [-0.39, 0.29) is 29.5 Å². The molecule has 3 heterocycles. The van der Waals surface area contributed by atoms with Crippen LogP contribution in [0.3, 0.4) is 0 Å². The molecule has 1 N–H and O–H groups in total. The van der Waals surface area contributed by atoms with E-state index in [2.05, 4.69) is 14.7 Å². The SMILES string of the molecule is O=C(Nc1ccc(C(F)(F)F)cn1)C1=CC=CN2CCS(=O)(=O)N=C12. The molecule has 2 aliphatic heterocycles. The maximum absolute atomic E-state index is 12.5. The number of alkyl halides is 3. The Bertz CT molecular complexity index is 902. The number of aromatic nitrogens is 1. The summed E-state index contributed by atoms with van der Waals surface area (Å²) in [5, 5.41) is 2.33. The van der Waals surface area contributed by atoms with E-state index in [9.17, 15) is 26.4 Å². The molecule has 0 unspecified atom stereocenters. The number of carbonyl (C=O) groups excluding carboxylic acids is 1. The smallest absolute Gasteiger partial charge is 0.331 e. The first-order valence-electron chi connectivity index (χ1n) is 6.98. The zero-order valence-electron chi connectivity index (χ0n) is 12.5. The van der Waals surface area contributed by atoms with Crippen molar-refractivity contribution in [2.75, 3.05) is 17.6 Å². The number of amides is 1. The Kier molecular flexibility index (Phi) is 4.11. The summed E-state index contributed by atoms with van der Waals surface area (Å²) >= 11 is 0. The summed E-state index contributed by atoms with van der Waals surface area (Å²) in [7, 11) is -3.66. The molecule has 0 saturated heterocycles. The predicted octanol–water partition coefficient (Wildman–Crippen LogP) is 1.54. The van der Waals surface area contributed by atoms with Crippen molar-refractivity contribution < 1.29 is 26.4 Å². The highest BCUT2D eigenvalue weighted by atomic mass is 32.2. The van der Waals surface area contributed by atoms with Gasteiger partial charge in [-0.2, -0.15) is 13.2 Å². The lowest BCUT2D eigenvalue weighted by Gasteiger charge is -2.28. The van der Waals surface area contributed by atoms with Gasteiger partial charge in [0.1, 0.15) is 5.82 Å². The summed E-state index contributed by atoms with van der Waals surface area (Å²) < 4.78 is 64.4. The molecular weight excluding hydrogens is 361 g/mol. The van der Waals surface area contributed by atoms with Crippen molar-refractivity contribution in [3.8, 4) is 0 Å². The minimum absolute atomic E-state index is 0.0209. The van der Waals surface area contributed by atoms with Crippen LogP contribution in [0, 0.1) is 0 Å². The van der Waals surface area contributed by atoms with Crippen LogP contribution in [0.4, 0.5) is 19.0 Å². The van der Waals surface area contributed by atoms with E-state index >= 15 is 0 Å². The molecule has 2 aliphatic rings. The first kappa shape index (κ1) is 17.1. The van der Waals surface area contributed by atoms with Gasteiger partial charge in [-0.3, -0.25) is 4.79 Å². The number of pyridine rings is 1. The van der Waals surface area contributed by atoms with Crippen molar-refractivity contribution in [3.05, 3.63) is 47.8 Å². The molecule has 1 aromatic rings. The topological polar surface area (TPSA) is 91.7 Å². The molecule has 0 saturated carbocycles. The number of anilines is 1. The summed E-state index contributed by atoms with van der Waals surface area (Å²) in [6, 6.07) is 1.80. The van der Waals surface area contributed by atoms with Crippen LogP contribution in [0.2, 0.25) is 0 Å². The minimum atomic E-state index is -4.53. The van der Waals surface area contributed by atoms with Crippen LogP contribution in [-0.2, 0) is 21.0 Å². The highest BCUT2D eigenvalue weighted by Gasteiger charge is 2.32. The Labute approximate surface area is 140 Å². The number of carbonyl (C=O) groups is 1. The molecule has 132 valence electrons. The van der Waals surface area contributed by atoms with Gasteiger partial charge in [-0.1, -0.05) is 0 Å². The van der Waals surface area contributed by atoms with Crippen LogP contribution in [0.5, 0.6) is 0 Å². The number of halogens is 3. The van der Waals surface area contributed by atoms with Gasteiger partial charge in [0.25, 0.3) is 15.9 Å². The lowest BCUT2D eigenvalue weighted by Crippen LogP contribution is -2.40. The number of rotatable bonds is 2. The number of amidine groups is 1. The lowest BCUT2D eigenvalue weighted by atomic mass is 10.1. The Morgan fingerprint density at radius 2 is 2.04 bits per heavy atom. The van der Waals surface area contributed by atoms with Crippen LogP contribution < -0.4 is 5.32 Å². The van der Waals surface area contributed by atoms with Gasteiger partial charge >= 0.3 is 6.18 Å². The second kappa shape index (κ2) is 5.99. The van der Waals surface area contributed by atoms with Gasteiger partial charge in [-0.15, -0.1) is 4.40 Å². The van der Waals surface area contributed by atoms with E-state index < -0.39 is 27.7 Å². The molecule has 0 aliphatic carbocycles. The van der Waals surface area contributed by atoms with Crippen LogP contribution >= 0.6 is 0 Å². The molecule has 0 radical (unpaired) electrons. The van der Waals surface area contributed by atoms with Gasteiger partial charge in [-0.25, -0.2) is 13.4 Å². The molecule has 1 amide bonds. The van der Waals surface area contributed by atoms with E-state index in [0.717, 1.165) is 12.1 Å². The molecule has 0 spiro atoms. The summed E-state index contributed by atoms with van der Waals surface area (Å²) in [6.07, 6.45) is 0.569. The number of sulfonamides is 1. The van der Waals surface area contributed by atoms with Crippen LogP contribution in [0.15, 0.2) is 46.7 Å². The summed E-state index contributed by atoms with van der Waals surface area (Å²) in [5.74, 6) is -1.02. The number of allylic oxidation sites excluding steroid dienone is 2. The fraction of sp³-hybridized carbons (Fsp3) is 0.214. The second-order valence-corrected chi connectivity index (χ2v) is 6.95. The van der Waals surface area contributed by atoms with E-state index in [0.29, 0.717) is 6.20 Å². The molecule has 0 atom stereocenters. The van der Waals surface area contributed by atoms with Crippen LogP contribution in [0.25, 0.3) is 0 Å². The standard InChI is InChI=1S/C14H11F3N4O3S/c15-14(16,17)9-3-4-11(18-8-9)19-13(22)10-2-1-5-21-6-7-25(23,24)20-12(10)21/h1-5,8H,6-7H2,(H,18,19,22). The van der Waals surface area contributed by atoms with Gasteiger partial charge in [-0.05, 0) is 24.3 Å². The number of nitrogens with zero attached hydrogens (tertiary/aromatic N) is 3. The van der Waals surface area contributed by atoms with Crippen molar-refractivity contribution in [2.24, 2.45) is 4.40 Å². The molecule has 25 heavy (non-hydrogen) atoms. The maximum atomic E-state index is 12.5. The number of nitrogens with one attached hydrogen (secondary N) is 1. The molecular formula is C14H11F3N4O3S. The van der Waals surface area contributed by atoms with E-state index in [1.54, 1.807) is 12.3 Å². The zero-order chi connectivity index (χ0) is 18.2. The van der Waals surface area contributed by atoms with Gasteiger partial charge in [0.2, 0.25) is 0 Å². The fourth-order valence-electron chi connectivity index (χ4n) is 2.21. The Morgan fingerprint density at radius 3 is 2.68 bits per heavy atom. The maximum Gasteiger partial charge on any atom is 0.417 e. The molecule has 11 heteroatoms. The summed E-state index contributed by atoms with van der Waals surface area (Å²) in [5.41, 5.74) is -0.966. The zero-order valence-corrected chi connectivity index (χ0v) is 13.3. The number of hydrogen-bond donors (Lipinski definition) is 1. The van der Waals surface area contributed by atoms with Crippen molar-refractivity contribution >= 4 is 27.6 Å². The van der Waals surface area contributed by atoms with Crippen LogP contribution in [-0.4, -0.2) is 42.3 Å². The Balaban J connectivity index is 1.82. The molecule has 1 aromatic heterocycles. The third kappa shape index (κ3) is 3.71. The fourth-order valence-corrected chi connectivity index (χ4v) is 3.20. The molecule has 0 fully saturated rings. The number of hydrogen-bond acceptors (Lipinski definition) is 5. The monoisotopic (exact) mass is 372 g/mol. The van der Waals surface area contributed by atoms with E-state index in [4.69, 9.17) is 0 Å². The van der Waals surface area contributed by atoms with Gasteiger partial charge in [0.15, 0.2) is 5.84 Å². The van der Waals surface area contributed by atoms with Gasteiger partial charge < -0.3 is 10.2 Å². The average Bonchev–Trinajstić information content (AvgIpc) is 2.53. The number of fused-ring (bicyclic) bond motifs is 1. The first-order valence-corrected chi connectivity index (χ1v) is 8.59. The van der Waals surface area contributed by atoms with Crippen molar-refractivity contribution in [2.45, 2.75) is 6.18 Å². The highest BCUT2D eigenvalue weighted by Crippen LogP contribution is 2.29. The van der Waals surface area contributed by atoms with E-state index in [1.165, 1.54) is 11.0 Å². The summed E-state index contributed by atoms with van der Waals surface area (Å²) in [4.78, 5) is 17.4. The third-order valence-corrected chi connectivity index (χ3v) is 4.58.